The SMILES string of the molecule is CCc1c(-c2ccccc2)n(OC(C)C)c(=O)c2ccccc12. The third kappa shape index (κ3) is 2.74. The highest BCUT2D eigenvalue weighted by atomic mass is 16.7. The van der Waals surface area contributed by atoms with Crippen molar-refractivity contribution < 1.29 is 4.84 Å². The topological polar surface area (TPSA) is 31.2 Å². The molecular weight excluding hydrogens is 286 g/mol. The van der Waals surface area contributed by atoms with Crippen LogP contribution in [0.5, 0.6) is 0 Å². The second-order valence-electron chi connectivity index (χ2n) is 5.85. The van der Waals surface area contributed by atoms with Gasteiger partial charge in [-0.15, -0.1) is 4.73 Å². The molecule has 0 radical (unpaired) electrons. The van der Waals surface area contributed by atoms with Crippen LogP contribution < -0.4 is 10.4 Å². The van der Waals surface area contributed by atoms with E-state index in [1.54, 1.807) is 0 Å². The first-order chi connectivity index (χ1) is 11.1. The van der Waals surface area contributed by atoms with Crippen LogP contribution in [0.4, 0.5) is 0 Å². The molecule has 0 saturated carbocycles. The van der Waals surface area contributed by atoms with E-state index >= 15 is 0 Å². The minimum Gasteiger partial charge on any atom is -0.408 e. The van der Waals surface area contributed by atoms with Crippen LogP contribution in [0.3, 0.4) is 0 Å². The Labute approximate surface area is 136 Å². The van der Waals surface area contributed by atoms with E-state index < -0.39 is 0 Å². The zero-order valence-electron chi connectivity index (χ0n) is 13.7. The molecule has 2 aromatic carbocycles. The Bertz CT molecular complexity index is 879. The minimum atomic E-state index is -0.106. The molecule has 0 atom stereocenters. The summed E-state index contributed by atoms with van der Waals surface area (Å²) in [6.45, 7) is 5.97. The molecule has 0 spiro atoms. The van der Waals surface area contributed by atoms with Crippen molar-refractivity contribution in [2.24, 2.45) is 0 Å². The number of benzene rings is 2. The lowest BCUT2D eigenvalue weighted by atomic mass is 9.98. The van der Waals surface area contributed by atoms with Gasteiger partial charge in [0.1, 0.15) is 6.10 Å². The highest BCUT2D eigenvalue weighted by Crippen LogP contribution is 2.28. The first-order valence-corrected chi connectivity index (χ1v) is 8.02. The van der Waals surface area contributed by atoms with E-state index in [-0.39, 0.29) is 11.7 Å². The summed E-state index contributed by atoms with van der Waals surface area (Å²) in [5.41, 5.74) is 2.87. The molecule has 1 aromatic heterocycles. The fraction of sp³-hybridized carbons (Fsp3) is 0.250. The average Bonchev–Trinajstić information content (AvgIpc) is 2.57. The molecule has 3 aromatic rings. The van der Waals surface area contributed by atoms with E-state index in [1.807, 2.05) is 68.4 Å². The molecule has 0 amide bonds. The number of aryl methyl sites for hydroxylation is 1. The maximum absolute atomic E-state index is 13.0. The number of pyridine rings is 1. The summed E-state index contributed by atoms with van der Waals surface area (Å²) < 4.78 is 1.47. The number of hydrogen-bond acceptors (Lipinski definition) is 2. The van der Waals surface area contributed by atoms with Crippen LogP contribution in [0.2, 0.25) is 0 Å². The zero-order valence-corrected chi connectivity index (χ0v) is 13.7. The van der Waals surface area contributed by atoms with Crippen LogP contribution in [-0.2, 0) is 6.42 Å². The lowest BCUT2D eigenvalue weighted by Crippen LogP contribution is -2.33. The Balaban J connectivity index is 2.46. The molecule has 0 bridgehead atoms. The van der Waals surface area contributed by atoms with Crippen molar-refractivity contribution in [2.45, 2.75) is 33.3 Å². The number of hydrogen-bond donors (Lipinski definition) is 0. The normalized spacial score (nSPS) is 11.1. The Kier molecular flexibility index (Phi) is 4.20. The molecule has 0 aliphatic carbocycles. The van der Waals surface area contributed by atoms with Gasteiger partial charge >= 0.3 is 0 Å². The van der Waals surface area contributed by atoms with Crippen molar-refractivity contribution in [1.82, 2.24) is 4.73 Å². The van der Waals surface area contributed by atoms with E-state index in [1.165, 1.54) is 4.73 Å². The second kappa shape index (κ2) is 6.29. The second-order valence-corrected chi connectivity index (χ2v) is 5.85. The number of aromatic nitrogens is 1. The van der Waals surface area contributed by atoms with E-state index in [2.05, 4.69) is 6.92 Å². The number of fused-ring (bicyclic) bond motifs is 1. The molecular formula is C20H21NO2. The molecule has 0 saturated heterocycles. The minimum absolute atomic E-state index is 0.0824. The Morgan fingerprint density at radius 3 is 2.17 bits per heavy atom. The molecule has 0 aliphatic heterocycles. The largest absolute Gasteiger partial charge is 0.408 e. The summed E-state index contributed by atoms with van der Waals surface area (Å²) in [4.78, 5) is 18.8. The maximum atomic E-state index is 13.0. The smallest absolute Gasteiger partial charge is 0.291 e. The fourth-order valence-electron chi connectivity index (χ4n) is 2.95. The van der Waals surface area contributed by atoms with Crippen LogP contribution in [0, 0.1) is 0 Å². The van der Waals surface area contributed by atoms with Gasteiger partial charge in [0.25, 0.3) is 5.56 Å². The zero-order chi connectivity index (χ0) is 16.4. The Hall–Kier alpha value is -2.55. The number of rotatable bonds is 4. The molecule has 23 heavy (non-hydrogen) atoms. The fourth-order valence-corrected chi connectivity index (χ4v) is 2.95. The molecule has 3 heteroatoms. The molecule has 0 fully saturated rings. The van der Waals surface area contributed by atoms with E-state index in [0.717, 1.165) is 28.6 Å². The summed E-state index contributed by atoms with van der Waals surface area (Å²) in [5.74, 6) is 0. The van der Waals surface area contributed by atoms with Crippen LogP contribution in [0.1, 0.15) is 26.3 Å². The number of nitrogens with zero attached hydrogens (tertiary/aromatic N) is 1. The molecule has 1 heterocycles. The Morgan fingerprint density at radius 2 is 1.57 bits per heavy atom. The van der Waals surface area contributed by atoms with Gasteiger partial charge in [0.05, 0.1) is 11.1 Å². The molecule has 3 rings (SSSR count). The van der Waals surface area contributed by atoms with Gasteiger partial charge in [-0.25, -0.2) is 0 Å². The molecule has 0 unspecified atom stereocenters. The van der Waals surface area contributed by atoms with Gasteiger partial charge in [-0.05, 0) is 37.3 Å². The average molecular weight is 307 g/mol. The summed E-state index contributed by atoms with van der Waals surface area (Å²) in [6.07, 6.45) is 0.743. The van der Waals surface area contributed by atoms with Gasteiger partial charge < -0.3 is 4.84 Å². The quantitative estimate of drug-likeness (QED) is 0.727. The van der Waals surface area contributed by atoms with Crippen molar-refractivity contribution in [3.05, 3.63) is 70.5 Å². The highest BCUT2D eigenvalue weighted by molar-refractivity contribution is 5.89. The lowest BCUT2D eigenvalue weighted by molar-refractivity contribution is 0.0567. The van der Waals surface area contributed by atoms with Gasteiger partial charge in [-0.2, -0.15) is 0 Å². The predicted octanol–water partition coefficient (Wildman–Crippen LogP) is 4.07. The molecule has 3 nitrogen and oxygen atoms in total. The molecule has 0 aliphatic rings. The van der Waals surface area contributed by atoms with Crippen molar-refractivity contribution in [2.75, 3.05) is 0 Å². The first kappa shape index (κ1) is 15.3. The van der Waals surface area contributed by atoms with E-state index in [0.29, 0.717) is 5.39 Å². The third-order valence-electron chi connectivity index (χ3n) is 3.87. The van der Waals surface area contributed by atoms with Crippen LogP contribution in [-0.4, -0.2) is 10.8 Å². The van der Waals surface area contributed by atoms with Crippen LogP contribution >= 0.6 is 0 Å². The van der Waals surface area contributed by atoms with Crippen LogP contribution in [0.15, 0.2) is 59.4 Å². The van der Waals surface area contributed by atoms with Crippen LogP contribution in [0.25, 0.3) is 22.0 Å². The van der Waals surface area contributed by atoms with Gasteiger partial charge in [-0.3, -0.25) is 4.79 Å². The van der Waals surface area contributed by atoms with Crippen molar-refractivity contribution in [3.8, 4) is 11.3 Å². The maximum Gasteiger partial charge on any atom is 0.291 e. The Morgan fingerprint density at radius 1 is 0.957 bits per heavy atom. The summed E-state index contributed by atoms with van der Waals surface area (Å²) in [7, 11) is 0. The lowest BCUT2D eigenvalue weighted by Gasteiger charge is -2.21. The molecule has 118 valence electrons. The van der Waals surface area contributed by atoms with Crippen molar-refractivity contribution in [3.63, 3.8) is 0 Å². The molecule has 0 N–H and O–H groups in total. The van der Waals surface area contributed by atoms with Gasteiger partial charge in [0.15, 0.2) is 0 Å². The monoisotopic (exact) mass is 307 g/mol. The summed E-state index contributed by atoms with van der Waals surface area (Å²) >= 11 is 0. The highest BCUT2D eigenvalue weighted by Gasteiger charge is 2.18. The van der Waals surface area contributed by atoms with Gasteiger partial charge in [0.2, 0.25) is 0 Å². The van der Waals surface area contributed by atoms with E-state index in [4.69, 9.17) is 4.84 Å². The predicted molar refractivity (Wildman–Crippen MR) is 94.7 cm³/mol. The summed E-state index contributed by atoms with van der Waals surface area (Å²) in [5, 5.41) is 1.70. The van der Waals surface area contributed by atoms with Gasteiger partial charge in [-0.1, -0.05) is 55.5 Å². The standard InChI is InChI=1S/C20H21NO2/c1-4-16-17-12-8-9-13-18(17)20(22)21(23-14(2)3)19(16)15-10-6-5-7-11-15/h5-14H,4H2,1-3H3. The summed E-state index contributed by atoms with van der Waals surface area (Å²) in [6, 6.07) is 17.7. The van der Waals surface area contributed by atoms with Gasteiger partial charge in [0, 0.05) is 5.56 Å². The van der Waals surface area contributed by atoms with Crippen molar-refractivity contribution >= 4 is 10.8 Å². The van der Waals surface area contributed by atoms with Crippen molar-refractivity contribution in [1.29, 1.82) is 0 Å². The third-order valence-corrected chi connectivity index (χ3v) is 3.87. The first-order valence-electron chi connectivity index (χ1n) is 8.02. The van der Waals surface area contributed by atoms with E-state index in [9.17, 15) is 4.79 Å².